The Hall–Kier alpha value is -0.790. The van der Waals surface area contributed by atoms with E-state index in [-0.39, 0.29) is 5.41 Å². The Bertz CT molecular complexity index is 321. The van der Waals surface area contributed by atoms with Crippen LogP contribution in [0.2, 0.25) is 0 Å². The molecule has 0 atom stereocenters. The summed E-state index contributed by atoms with van der Waals surface area (Å²) in [6, 6.07) is 0. The molecule has 0 amide bonds. The predicted molar refractivity (Wildman–Crippen MR) is 53.7 cm³/mol. The van der Waals surface area contributed by atoms with Crippen molar-refractivity contribution in [1.29, 1.82) is 0 Å². The molecular weight excluding hydrogens is 160 g/mol. The van der Waals surface area contributed by atoms with Crippen LogP contribution in [0, 0.1) is 5.41 Å². The molecule has 1 N–H and O–H groups in total. The minimum atomic E-state index is 0.282. The number of hydrogen-bond acceptors (Lipinski definition) is 1. The Labute approximate surface area is 79.7 Å². The Morgan fingerprint density at radius 1 is 1.31 bits per heavy atom. The molecule has 72 valence electrons. The van der Waals surface area contributed by atoms with Crippen molar-refractivity contribution in [3.63, 3.8) is 0 Å². The van der Waals surface area contributed by atoms with Gasteiger partial charge in [-0.2, -0.15) is 5.10 Å². The monoisotopic (exact) mass is 178 g/mol. The van der Waals surface area contributed by atoms with E-state index in [1.165, 1.54) is 17.7 Å². The lowest BCUT2D eigenvalue weighted by Gasteiger charge is -2.40. The summed E-state index contributed by atoms with van der Waals surface area (Å²) in [6.07, 6.45) is 4.36. The minimum absolute atomic E-state index is 0.282. The maximum Gasteiger partial charge on any atom is 0.0527 e. The molecule has 0 spiro atoms. The smallest absolute Gasteiger partial charge is 0.0527 e. The number of H-pyrrole nitrogens is 1. The van der Waals surface area contributed by atoms with Gasteiger partial charge in [-0.25, -0.2) is 0 Å². The van der Waals surface area contributed by atoms with Gasteiger partial charge in [0, 0.05) is 5.69 Å². The van der Waals surface area contributed by atoms with E-state index < -0.39 is 0 Å². The van der Waals surface area contributed by atoms with E-state index in [0.717, 1.165) is 6.42 Å². The summed E-state index contributed by atoms with van der Waals surface area (Å²) in [4.78, 5) is 0. The Morgan fingerprint density at radius 2 is 2.00 bits per heavy atom. The molecule has 0 saturated carbocycles. The number of rotatable bonds is 0. The van der Waals surface area contributed by atoms with Crippen LogP contribution < -0.4 is 0 Å². The van der Waals surface area contributed by atoms with Crippen molar-refractivity contribution in [3.05, 3.63) is 17.5 Å². The van der Waals surface area contributed by atoms with E-state index in [4.69, 9.17) is 0 Å². The first-order valence-electron chi connectivity index (χ1n) is 4.93. The first-order chi connectivity index (χ1) is 5.91. The van der Waals surface area contributed by atoms with Crippen LogP contribution in [0.15, 0.2) is 6.20 Å². The van der Waals surface area contributed by atoms with Crippen molar-refractivity contribution in [2.24, 2.45) is 5.41 Å². The minimum Gasteiger partial charge on any atom is -0.282 e. The van der Waals surface area contributed by atoms with E-state index in [1.807, 2.05) is 6.20 Å². The molecule has 0 radical (unpaired) electrons. The number of fused-ring (bicyclic) bond motifs is 1. The number of aromatic amines is 1. The third-order valence-corrected chi connectivity index (χ3v) is 3.02. The van der Waals surface area contributed by atoms with Crippen LogP contribution in [0.4, 0.5) is 0 Å². The van der Waals surface area contributed by atoms with Gasteiger partial charge < -0.3 is 0 Å². The molecule has 1 heterocycles. The zero-order valence-electron chi connectivity index (χ0n) is 8.94. The molecule has 2 rings (SSSR count). The highest BCUT2D eigenvalue weighted by atomic mass is 15.1. The highest BCUT2D eigenvalue weighted by molar-refractivity contribution is 5.30. The van der Waals surface area contributed by atoms with Crippen molar-refractivity contribution in [2.75, 3.05) is 0 Å². The van der Waals surface area contributed by atoms with Crippen LogP contribution in [0.1, 0.15) is 45.4 Å². The van der Waals surface area contributed by atoms with Crippen LogP contribution in [0.5, 0.6) is 0 Å². The Kier molecular flexibility index (Phi) is 1.60. The van der Waals surface area contributed by atoms with Crippen LogP contribution in [-0.2, 0) is 11.8 Å². The first-order valence-corrected chi connectivity index (χ1v) is 4.93. The molecule has 2 heteroatoms. The zero-order chi connectivity index (χ0) is 9.69. The van der Waals surface area contributed by atoms with Crippen molar-refractivity contribution >= 4 is 0 Å². The number of hydrogen-bond donors (Lipinski definition) is 1. The van der Waals surface area contributed by atoms with Gasteiger partial charge >= 0.3 is 0 Å². The normalized spacial score (nSPS) is 24.0. The van der Waals surface area contributed by atoms with Crippen molar-refractivity contribution in [3.8, 4) is 0 Å². The maximum atomic E-state index is 4.14. The van der Waals surface area contributed by atoms with Crippen LogP contribution in [0.3, 0.4) is 0 Å². The molecule has 0 bridgehead atoms. The molecule has 0 aromatic carbocycles. The van der Waals surface area contributed by atoms with E-state index in [2.05, 4.69) is 37.9 Å². The Morgan fingerprint density at radius 3 is 2.69 bits per heavy atom. The summed E-state index contributed by atoms with van der Waals surface area (Å²) in [7, 11) is 0. The average molecular weight is 178 g/mol. The van der Waals surface area contributed by atoms with Crippen molar-refractivity contribution < 1.29 is 0 Å². The predicted octanol–water partition coefficient (Wildman–Crippen LogP) is 2.66. The van der Waals surface area contributed by atoms with Gasteiger partial charge in [0.25, 0.3) is 0 Å². The third kappa shape index (κ3) is 1.38. The second kappa shape index (κ2) is 2.37. The average Bonchev–Trinajstić information content (AvgIpc) is 2.29. The first kappa shape index (κ1) is 8.79. The summed E-state index contributed by atoms with van der Waals surface area (Å²) < 4.78 is 0. The molecule has 0 unspecified atom stereocenters. The molecule has 1 aliphatic rings. The summed E-state index contributed by atoms with van der Waals surface area (Å²) in [5.74, 6) is 0. The SMILES string of the molecule is CC1(C)Cc2[nH]ncc2C(C)(C)C1. The topological polar surface area (TPSA) is 28.7 Å². The van der Waals surface area contributed by atoms with E-state index in [0.29, 0.717) is 5.41 Å². The maximum absolute atomic E-state index is 4.14. The summed E-state index contributed by atoms with van der Waals surface area (Å²) in [5, 5.41) is 7.26. The molecule has 1 aromatic heterocycles. The number of aromatic nitrogens is 2. The quantitative estimate of drug-likeness (QED) is 0.650. The van der Waals surface area contributed by atoms with Gasteiger partial charge in [-0.05, 0) is 29.2 Å². The van der Waals surface area contributed by atoms with Gasteiger partial charge in [-0.1, -0.05) is 27.7 Å². The van der Waals surface area contributed by atoms with E-state index >= 15 is 0 Å². The number of nitrogens with zero attached hydrogens (tertiary/aromatic N) is 1. The largest absolute Gasteiger partial charge is 0.282 e. The molecule has 13 heavy (non-hydrogen) atoms. The lowest BCUT2D eigenvalue weighted by atomic mass is 9.65. The van der Waals surface area contributed by atoms with Gasteiger partial charge in [-0.15, -0.1) is 0 Å². The fourth-order valence-electron chi connectivity index (χ4n) is 2.86. The van der Waals surface area contributed by atoms with Crippen molar-refractivity contribution in [2.45, 2.75) is 46.0 Å². The van der Waals surface area contributed by atoms with Crippen LogP contribution >= 0.6 is 0 Å². The number of nitrogens with one attached hydrogen (secondary N) is 1. The van der Waals surface area contributed by atoms with Gasteiger partial charge in [0.1, 0.15) is 0 Å². The summed E-state index contributed by atoms with van der Waals surface area (Å²) in [6.45, 7) is 9.28. The molecule has 0 aliphatic heterocycles. The standard InChI is InChI=1S/C11H18N2/c1-10(2)5-9-8(6-12-13-9)11(3,4)7-10/h6H,5,7H2,1-4H3,(H,12,13). The lowest BCUT2D eigenvalue weighted by Crippen LogP contribution is -2.34. The second-order valence-electron chi connectivity index (χ2n) is 5.66. The second-order valence-corrected chi connectivity index (χ2v) is 5.66. The zero-order valence-corrected chi connectivity index (χ0v) is 8.94. The summed E-state index contributed by atoms with van der Waals surface area (Å²) >= 11 is 0. The Balaban J connectivity index is 2.48. The third-order valence-electron chi connectivity index (χ3n) is 3.02. The van der Waals surface area contributed by atoms with Crippen LogP contribution in [-0.4, -0.2) is 10.2 Å². The van der Waals surface area contributed by atoms with E-state index in [9.17, 15) is 0 Å². The van der Waals surface area contributed by atoms with Crippen molar-refractivity contribution in [1.82, 2.24) is 10.2 Å². The van der Waals surface area contributed by atoms with Gasteiger partial charge in [0.05, 0.1) is 6.20 Å². The van der Waals surface area contributed by atoms with E-state index in [1.54, 1.807) is 0 Å². The summed E-state index contributed by atoms with van der Waals surface area (Å²) in [5.41, 5.74) is 3.43. The highest BCUT2D eigenvalue weighted by Crippen LogP contribution is 2.44. The molecule has 0 fully saturated rings. The fourth-order valence-corrected chi connectivity index (χ4v) is 2.86. The molecule has 2 nitrogen and oxygen atoms in total. The molecular formula is C11H18N2. The molecule has 0 saturated heterocycles. The van der Waals surface area contributed by atoms with Gasteiger partial charge in [0.2, 0.25) is 0 Å². The molecule has 1 aliphatic carbocycles. The van der Waals surface area contributed by atoms with Gasteiger partial charge in [0.15, 0.2) is 0 Å². The molecule has 1 aromatic rings. The van der Waals surface area contributed by atoms with Gasteiger partial charge in [-0.3, -0.25) is 5.10 Å². The lowest BCUT2D eigenvalue weighted by molar-refractivity contribution is 0.229. The van der Waals surface area contributed by atoms with Crippen LogP contribution in [0.25, 0.3) is 0 Å². The fraction of sp³-hybridized carbons (Fsp3) is 0.727. The highest BCUT2D eigenvalue weighted by Gasteiger charge is 2.38.